The monoisotopic (exact) mass is 166 g/mol. The van der Waals surface area contributed by atoms with Gasteiger partial charge in [0.2, 0.25) is 0 Å². The van der Waals surface area contributed by atoms with Crippen molar-refractivity contribution in [3.05, 3.63) is 12.7 Å². The maximum Gasteiger partial charge on any atom is 0.139 e. The van der Waals surface area contributed by atoms with Crippen molar-refractivity contribution in [2.24, 2.45) is 5.41 Å². The molecule has 12 heavy (non-hydrogen) atoms. The fraction of sp³-hybridized carbons (Fsp3) is 0.727. The second-order valence-electron chi connectivity index (χ2n) is 4.04. The molecule has 0 amide bonds. The number of carbonyl (C=O) groups is 1. The number of rotatable bonds is 2. The van der Waals surface area contributed by atoms with Gasteiger partial charge in [0.1, 0.15) is 5.78 Å². The normalized spacial score (nSPS) is 31.2. The van der Waals surface area contributed by atoms with Crippen LogP contribution in [0.1, 0.15) is 45.4 Å². The van der Waals surface area contributed by atoms with Crippen LogP contribution in [-0.2, 0) is 4.79 Å². The van der Waals surface area contributed by atoms with Crippen LogP contribution in [0.4, 0.5) is 0 Å². The van der Waals surface area contributed by atoms with E-state index in [0.717, 1.165) is 25.7 Å². The Morgan fingerprint density at radius 2 is 2.25 bits per heavy atom. The predicted octanol–water partition coefficient (Wildman–Crippen LogP) is 3.10. The van der Waals surface area contributed by atoms with Crippen molar-refractivity contribution in [2.75, 3.05) is 0 Å². The van der Waals surface area contributed by atoms with Crippen LogP contribution >= 0.6 is 0 Å². The van der Waals surface area contributed by atoms with Crippen LogP contribution in [0.2, 0.25) is 0 Å². The summed E-state index contributed by atoms with van der Waals surface area (Å²) >= 11 is 0. The lowest BCUT2D eigenvalue weighted by Crippen LogP contribution is -2.25. The molecule has 1 rings (SSSR count). The van der Waals surface area contributed by atoms with Gasteiger partial charge in [-0.05, 0) is 19.3 Å². The molecule has 0 unspecified atom stereocenters. The lowest BCUT2D eigenvalue weighted by molar-refractivity contribution is -0.127. The summed E-state index contributed by atoms with van der Waals surface area (Å²) in [5.41, 5.74) is -0.0851. The molecule has 1 atom stereocenters. The third kappa shape index (κ3) is 1.96. The van der Waals surface area contributed by atoms with Crippen LogP contribution in [0.25, 0.3) is 0 Å². The van der Waals surface area contributed by atoms with E-state index in [2.05, 4.69) is 13.5 Å². The summed E-state index contributed by atoms with van der Waals surface area (Å²) in [4.78, 5) is 11.7. The quantitative estimate of drug-likeness (QED) is 0.455. The van der Waals surface area contributed by atoms with Gasteiger partial charge in [-0.25, -0.2) is 0 Å². The average molecular weight is 166 g/mol. The molecule has 0 saturated heterocycles. The molecule has 1 nitrogen and oxygen atoms in total. The Hall–Kier alpha value is -0.590. The Kier molecular flexibility index (Phi) is 3.07. The van der Waals surface area contributed by atoms with E-state index < -0.39 is 0 Å². The molecule has 0 aromatic carbocycles. The van der Waals surface area contributed by atoms with Crippen LogP contribution in [0.5, 0.6) is 0 Å². The maximum atomic E-state index is 11.7. The molecule has 0 radical (unpaired) electrons. The summed E-state index contributed by atoms with van der Waals surface area (Å²) in [6.45, 7) is 5.80. The number of hydrogen-bond acceptors (Lipinski definition) is 1. The van der Waals surface area contributed by atoms with E-state index in [4.69, 9.17) is 0 Å². The first kappa shape index (κ1) is 9.50. The second-order valence-corrected chi connectivity index (χ2v) is 4.04. The van der Waals surface area contributed by atoms with Crippen molar-refractivity contribution in [3.63, 3.8) is 0 Å². The molecule has 0 heterocycles. The molecule has 0 N–H and O–H groups in total. The van der Waals surface area contributed by atoms with E-state index in [0.29, 0.717) is 5.78 Å². The summed E-state index contributed by atoms with van der Waals surface area (Å²) in [6.07, 6.45) is 8.08. The molecule has 1 aliphatic carbocycles. The molecule has 0 bridgehead atoms. The summed E-state index contributed by atoms with van der Waals surface area (Å²) in [5, 5.41) is 0. The standard InChI is InChI=1S/C11H18O/c1-3-8-11(2)9-6-4-5-7-10(11)12/h3H,1,4-9H2,2H3/t11-/m0/s1. The van der Waals surface area contributed by atoms with Gasteiger partial charge in [-0.15, -0.1) is 6.58 Å². The van der Waals surface area contributed by atoms with E-state index in [1.807, 2.05) is 6.08 Å². The first-order valence-corrected chi connectivity index (χ1v) is 4.83. The molecular formula is C11H18O. The molecule has 1 fully saturated rings. The van der Waals surface area contributed by atoms with Crippen molar-refractivity contribution in [2.45, 2.75) is 45.4 Å². The second kappa shape index (κ2) is 3.88. The summed E-state index contributed by atoms with van der Waals surface area (Å²) in [7, 11) is 0. The highest BCUT2D eigenvalue weighted by atomic mass is 16.1. The summed E-state index contributed by atoms with van der Waals surface area (Å²) in [5.74, 6) is 0.444. The molecular weight excluding hydrogens is 148 g/mol. The molecule has 1 saturated carbocycles. The third-order valence-electron chi connectivity index (χ3n) is 2.90. The maximum absolute atomic E-state index is 11.7. The number of Topliss-reactive ketones (excluding diaryl/α,β-unsaturated/α-hetero) is 1. The number of allylic oxidation sites excluding steroid dienone is 1. The minimum atomic E-state index is -0.0851. The fourth-order valence-electron chi connectivity index (χ4n) is 1.95. The highest BCUT2D eigenvalue weighted by Gasteiger charge is 2.31. The van der Waals surface area contributed by atoms with E-state index in [1.165, 1.54) is 12.8 Å². The van der Waals surface area contributed by atoms with Gasteiger partial charge in [0.25, 0.3) is 0 Å². The van der Waals surface area contributed by atoms with Gasteiger partial charge in [0.05, 0.1) is 0 Å². The van der Waals surface area contributed by atoms with Crippen LogP contribution in [0.15, 0.2) is 12.7 Å². The van der Waals surface area contributed by atoms with Gasteiger partial charge in [-0.1, -0.05) is 25.8 Å². The summed E-state index contributed by atoms with van der Waals surface area (Å²) in [6, 6.07) is 0. The van der Waals surface area contributed by atoms with Crippen molar-refractivity contribution in [3.8, 4) is 0 Å². The zero-order valence-corrected chi connectivity index (χ0v) is 7.94. The van der Waals surface area contributed by atoms with Gasteiger partial charge in [0, 0.05) is 11.8 Å². The van der Waals surface area contributed by atoms with Gasteiger partial charge in [-0.3, -0.25) is 4.79 Å². The number of carbonyl (C=O) groups excluding carboxylic acids is 1. The molecule has 0 spiro atoms. The molecule has 1 heteroatoms. The Labute approximate surface area is 74.9 Å². The topological polar surface area (TPSA) is 17.1 Å². The minimum Gasteiger partial charge on any atom is -0.299 e. The van der Waals surface area contributed by atoms with Gasteiger partial charge < -0.3 is 0 Å². The van der Waals surface area contributed by atoms with Gasteiger partial charge in [0.15, 0.2) is 0 Å². The van der Waals surface area contributed by atoms with Crippen molar-refractivity contribution >= 4 is 5.78 Å². The lowest BCUT2D eigenvalue weighted by Gasteiger charge is -2.24. The van der Waals surface area contributed by atoms with Crippen molar-refractivity contribution in [1.82, 2.24) is 0 Å². The molecule has 68 valence electrons. The van der Waals surface area contributed by atoms with Gasteiger partial charge in [-0.2, -0.15) is 0 Å². The molecule has 0 aromatic rings. The SMILES string of the molecule is C=CC[C@@]1(C)CCCCCC1=O. The molecule has 0 aromatic heterocycles. The fourth-order valence-corrected chi connectivity index (χ4v) is 1.95. The van der Waals surface area contributed by atoms with E-state index >= 15 is 0 Å². The zero-order valence-electron chi connectivity index (χ0n) is 7.94. The zero-order chi connectivity index (χ0) is 9.03. The van der Waals surface area contributed by atoms with E-state index in [-0.39, 0.29) is 5.41 Å². The molecule has 1 aliphatic rings. The summed E-state index contributed by atoms with van der Waals surface area (Å²) < 4.78 is 0. The Morgan fingerprint density at radius 3 is 2.92 bits per heavy atom. The van der Waals surface area contributed by atoms with Crippen LogP contribution in [-0.4, -0.2) is 5.78 Å². The number of hydrogen-bond donors (Lipinski definition) is 0. The highest BCUT2D eigenvalue weighted by Crippen LogP contribution is 2.34. The minimum absolute atomic E-state index is 0.0851. The predicted molar refractivity (Wildman–Crippen MR) is 51.0 cm³/mol. The Morgan fingerprint density at radius 1 is 1.50 bits per heavy atom. The first-order chi connectivity index (χ1) is 5.69. The Bertz CT molecular complexity index is 183. The van der Waals surface area contributed by atoms with Crippen molar-refractivity contribution < 1.29 is 4.79 Å². The van der Waals surface area contributed by atoms with Crippen LogP contribution in [0.3, 0.4) is 0 Å². The first-order valence-electron chi connectivity index (χ1n) is 4.83. The highest BCUT2D eigenvalue weighted by molar-refractivity contribution is 5.84. The van der Waals surface area contributed by atoms with E-state index in [1.54, 1.807) is 0 Å². The smallest absolute Gasteiger partial charge is 0.139 e. The Balaban J connectivity index is 2.68. The largest absolute Gasteiger partial charge is 0.299 e. The van der Waals surface area contributed by atoms with E-state index in [9.17, 15) is 4.79 Å². The average Bonchev–Trinajstić information content (AvgIpc) is 2.17. The third-order valence-corrected chi connectivity index (χ3v) is 2.90. The van der Waals surface area contributed by atoms with Crippen molar-refractivity contribution in [1.29, 1.82) is 0 Å². The van der Waals surface area contributed by atoms with Crippen LogP contribution in [0, 0.1) is 5.41 Å². The van der Waals surface area contributed by atoms with Gasteiger partial charge >= 0.3 is 0 Å². The molecule has 0 aliphatic heterocycles. The number of ketones is 1. The lowest BCUT2D eigenvalue weighted by atomic mass is 9.78. The van der Waals surface area contributed by atoms with Crippen LogP contribution < -0.4 is 0 Å².